The van der Waals surface area contributed by atoms with Gasteiger partial charge in [0, 0.05) is 31.0 Å². The Morgan fingerprint density at radius 2 is 2.16 bits per heavy atom. The quantitative estimate of drug-likeness (QED) is 0.767. The summed E-state index contributed by atoms with van der Waals surface area (Å²) in [6.45, 7) is 7.75. The first-order valence-corrected chi connectivity index (χ1v) is 9.21. The Kier molecular flexibility index (Phi) is 5.51. The van der Waals surface area contributed by atoms with Crippen LogP contribution in [-0.2, 0) is 11.2 Å². The second-order valence-electron chi connectivity index (χ2n) is 7.44. The van der Waals surface area contributed by atoms with Crippen molar-refractivity contribution < 1.29 is 9.32 Å². The van der Waals surface area contributed by atoms with Gasteiger partial charge >= 0.3 is 0 Å². The van der Waals surface area contributed by atoms with E-state index in [0.29, 0.717) is 36.5 Å². The van der Waals surface area contributed by atoms with Crippen molar-refractivity contribution in [2.75, 3.05) is 13.1 Å². The summed E-state index contributed by atoms with van der Waals surface area (Å²) in [6, 6.07) is 8.05. The highest BCUT2D eigenvalue weighted by Gasteiger charge is 2.29. The third kappa shape index (κ3) is 4.47. The summed E-state index contributed by atoms with van der Waals surface area (Å²) in [5, 5.41) is 4.08. The molecule has 1 aromatic heterocycles. The molecule has 1 saturated carbocycles. The summed E-state index contributed by atoms with van der Waals surface area (Å²) >= 11 is 0. The van der Waals surface area contributed by atoms with Gasteiger partial charge in [-0.2, -0.15) is 4.98 Å². The van der Waals surface area contributed by atoms with Crippen LogP contribution < -0.4 is 0 Å². The van der Waals surface area contributed by atoms with Gasteiger partial charge < -0.3 is 9.42 Å². The lowest BCUT2D eigenvalue weighted by Crippen LogP contribution is -2.42. The predicted molar refractivity (Wildman–Crippen MR) is 96.9 cm³/mol. The van der Waals surface area contributed by atoms with Crippen molar-refractivity contribution in [2.24, 2.45) is 11.8 Å². The molecule has 0 aliphatic heterocycles. The molecule has 0 spiro atoms. The van der Waals surface area contributed by atoms with E-state index in [1.165, 1.54) is 6.42 Å². The van der Waals surface area contributed by atoms with Crippen LogP contribution in [0.3, 0.4) is 0 Å². The van der Waals surface area contributed by atoms with E-state index in [0.717, 1.165) is 30.5 Å². The summed E-state index contributed by atoms with van der Waals surface area (Å²) in [4.78, 5) is 19.1. The number of rotatable bonds is 7. The molecule has 0 bridgehead atoms. The SMILES string of the molecule is Cc1cccc(-c2noc(CCN(CC(C)C)C(=O)C3CCC3)n2)c1. The van der Waals surface area contributed by atoms with Crippen LogP contribution in [0.4, 0.5) is 0 Å². The van der Waals surface area contributed by atoms with Gasteiger partial charge in [0.25, 0.3) is 0 Å². The minimum absolute atomic E-state index is 0.226. The molecular weight excluding hydrogens is 314 g/mol. The van der Waals surface area contributed by atoms with E-state index in [9.17, 15) is 4.79 Å². The second kappa shape index (κ2) is 7.81. The van der Waals surface area contributed by atoms with Crippen LogP contribution in [0.15, 0.2) is 28.8 Å². The van der Waals surface area contributed by atoms with E-state index in [1.54, 1.807) is 0 Å². The Morgan fingerprint density at radius 1 is 1.36 bits per heavy atom. The number of hydrogen-bond acceptors (Lipinski definition) is 4. The van der Waals surface area contributed by atoms with Crippen LogP contribution >= 0.6 is 0 Å². The number of benzene rings is 1. The van der Waals surface area contributed by atoms with Gasteiger partial charge in [-0.1, -0.05) is 49.2 Å². The van der Waals surface area contributed by atoms with Gasteiger partial charge in [0.05, 0.1) is 0 Å². The topological polar surface area (TPSA) is 59.2 Å². The van der Waals surface area contributed by atoms with Gasteiger partial charge in [-0.05, 0) is 31.7 Å². The molecule has 1 amide bonds. The van der Waals surface area contributed by atoms with Crippen LogP contribution in [0.5, 0.6) is 0 Å². The number of amides is 1. The Hall–Kier alpha value is -2.17. The maximum Gasteiger partial charge on any atom is 0.228 e. The van der Waals surface area contributed by atoms with E-state index in [-0.39, 0.29) is 5.92 Å². The minimum Gasteiger partial charge on any atom is -0.342 e. The third-order valence-electron chi connectivity index (χ3n) is 4.69. The molecule has 1 aliphatic carbocycles. The van der Waals surface area contributed by atoms with E-state index in [1.807, 2.05) is 36.1 Å². The van der Waals surface area contributed by atoms with Gasteiger partial charge in [0.1, 0.15) is 0 Å². The van der Waals surface area contributed by atoms with E-state index >= 15 is 0 Å². The summed E-state index contributed by atoms with van der Waals surface area (Å²) in [7, 11) is 0. The molecule has 1 fully saturated rings. The summed E-state index contributed by atoms with van der Waals surface area (Å²) in [5.41, 5.74) is 2.12. The Labute approximate surface area is 149 Å². The van der Waals surface area contributed by atoms with Crippen LogP contribution in [-0.4, -0.2) is 34.0 Å². The minimum atomic E-state index is 0.226. The van der Waals surface area contributed by atoms with E-state index < -0.39 is 0 Å². The lowest BCUT2D eigenvalue weighted by Gasteiger charge is -2.32. The highest BCUT2D eigenvalue weighted by atomic mass is 16.5. The Bertz CT molecular complexity index is 719. The molecule has 1 heterocycles. The first-order chi connectivity index (χ1) is 12.0. The summed E-state index contributed by atoms with van der Waals surface area (Å²) < 4.78 is 5.40. The van der Waals surface area contributed by atoms with Crippen LogP contribution in [0, 0.1) is 18.8 Å². The van der Waals surface area contributed by atoms with Crippen molar-refractivity contribution in [3.05, 3.63) is 35.7 Å². The average molecular weight is 341 g/mol. The zero-order valence-corrected chi connectivity index (χ0v) is 15.4. The fourth-order valence-corrected chi connectivity index (χ4v) is 3.13. The largest absolute Gasteiger partial charge is 0.342 e. The molecule has 3 rings (SSSR count). The number of aromatic nitrogens is 2. The van der Waals surface area contributed by atoms with Gasteiger partial charge in [0.15, 0.2) is 0 Å². The first kappa shape index (κ1) is 17.6. The zero-order chi connectivity index (χ0) is 17.8. The fourth-order valence-electron chi connectivity index (χ4n) is 3.13. The second-order valence-corrected chi connectivity index (χ2v) is 7.44. The molecule has 25 heavy (non-hydrogen) atoms. The maximum atomic E-state index is 12.6. The molecule has 0 unspecified atom stereocenters. The predicted octanol–water partition coefficient (Wildman–Crippen LogP) is 3.87. The number of aryl methyl sites for hydroxylation is 1. The van der Waals surface area contributed by atoms with Crippen molar-refractivity contribution in [1.82, 2.24) is 15.0 Å². The molecule has 5 nitrogen and oxygen atoms in total. The molecule has 0 radical (unpaired) electrons. The van der Waals surface area contributed by atoms with Gasteiger partial charge in [-0.3, -0.25) is 4.79 Å². The molecule has 134 valence electrons. The molecule has 1 aliphatic rings. The Balaban J connectivity index is 1.63. The van der Waals surface area contributed by atoms with Crippen molar-refractivity contribution in [1.29, 1.82) is 0 Å². The van der Waals surface area contributed by atoms with Crippen LogP contribution in [0.1, 0.15) is 44.6 Å². The monoisotopic (exact) mass is 341 g/mol. The number of carbonyl (C=O) groups is 1. The van der Waals surface area contributed by atoms with Gasteiger partial charge in [-0.15, -0.1) is 0 Å². The zero-order valence-electron chi connectivity index (χ0n) is 15.4. The van der Waals surface area contributed by atoms with Crippen molar-refractivity contribution in [2.45, 2.75) is 46.5 Å². The van der Waals surface area contributed by atoms with Gasteiger partial charge in [-0.25, -0.2) is 0 Å². The molecule has 0 saturated heterocycles. The lowest BCUT2D eigenvalue weighted by molar-refractivity contribution is -0.138. The normalized spacial score (nSPS) is 14.6. The van der Waals surface area contributed by atoms with Crippen molar-refractivity contribution in [3.63, 3.8) is 0 Å². The summed E-state index contributed by atoms with van der Waals surface area (Å²) in [5.74, 6) is 2.17. The summed E-state index contributed by atoms with van der Waals surface area (Å²) in [6.07, 6.45) is 3.84. The highest BCUT2D eigenvalue weighted by Crippen LogP contribution is 2.28. The van der Waals surface area contributed by atoms with Crippen LogP contribution in [0.2, 0.25) is 0 Å². The fraction of sp³-hybridized carbons (Fsp3) is 0.550. The lowest BCUT2D eigenvalue weighted by atomic mass is 9.84. The van der Waals surface area contributed by atoms with Gasteiger partial charge in [0.2, 0.25) is 17.6 Å². The van der Waals surface area contributed by atoms with E-state index in [2.05, 4.69) is 24.0 Å². The first-order valence-electron chi connectivity index (χ1n) is 9.21. The number of nitrogens with zero attached hydrogens (tertiary/aromatic N) is 3. The average Bonchev–Trinajstić information content (AvgIpc) is 2.98. The molecule has 0 N–H and O–H groups in total. The Morgan fingerprint density at radius 3 is 2.80 bits per heavy atom. The standard InChI is InChI=1S/C20H27N3O2/c1-14(2)13-23(20(24)16-7-5-8-16)11-10-18-21-19(22-25-18)17-9-4-6-15(3)12-17/h4,6,9,12,14,16H,5,7-8,10-11,13H2,1-3H3. The van der Waals surface area contributed by atoms with Crippen molar-refractivity contribution in [3.8, 4) is 11.4 Å². The third-order valence-corrected chi connectivity index (χ3v) is 4.69. The maximum absolute atomic E-state index is 12.6. The van der Waals surface area contributed by atoms with E-state index in [4.69, 9.17) is 4.52 Å². The number of hydrogen-bond donors (Lipinski definition) is 0. The molecule has 2 aromatic rings. The van der Waals surface area contributed by atoms with Crippen LogP contribution in [0.25, 0.3) is 11.4 Å². The molecule has 1 aromatic carbocycles. The highest BCUT2D eigenvalue weighted by molar-refractivity contribution is 5.79. The van der Waals surface area contributed by atoms with Crippen molar-refractivity contribution >= 4 is 5.91 Å². The number of carbonyl (C=O) groups excluding carboxylic acids is 1. The molecule has 0 atom stereocenters. The molecular formula is C20H27N3O2. The molecule has 5 heteroatoms. The smallest absolute Gasteiger partial charge is 0.228 e.